The van der Waals surface area contributed by atoms with Gasteiger partial charge in [-0.15, -0.1) is 5.10 Å². The fourth-order valence-corrected chi connectivity index (χ4v) is 1.65. The number of hydrogen-bond donors (Lipinski definition) is 1. The third-order valence-corrected chi connectivity index (χ3v) is 2.67. The quantitative estimate of drug-likeness (QED) is 0.862. The summed E-state index contributed by atoms with van der Waals surface area (Å²) in [5.41, 5.74) is 6.26. The van der Waals surface area contributed by atoms with E-state index in [4.69, 9.17) is 5.73 Å². The highest BCUT2D eigenvalue weighted by molar-refractivity contribution is 5.42. The number of rotatable bonds is 2. The van der Waals surface area contributed by atoms with Gasteiger partial charge in [0.05, 0.1) is 23.6 Å². The van der Waals surface area contributed by atoms with Gasteiger partial charge in [0, 0.05) is 0 Å². The van der Waals surface area contributed by atoms with Gasteiger partial charge in [-0.25, -0.2) is 4.68 Å². The molecule has 0 bridgehead atoms. The summed E-state index contributed by atoms with van der Waals surface area (Å²) in [6.45, 7) is 0.908. The standard InChI is InChI=1S/C11H9F6N5/c1-5-7(18)3-2-6(19-5)4-22-9(11(15,16)17)20-8(21-22)10(12,13)14/h2-3H,4,18H2,1H3. The molecule has 2 N–H and O–H groups in total. The van der Waals surface area contributed by atoms with Crippen LogP contribution in [0, 0.1) is 6.92 Å². The number of halogens is 6. The van der Waals surface area contributed by atoms with Crippen LogP contribution in [0.1, 0.15) is 23.0 Å². The maximum atomic E-state index is 12.8. The minimum absolute atomic E-state index is 0.0795. The second-order valence-corrected chi connectivity index (χ2v) is 4.39. The van der Waals surface area contributed by atoms with E-state index in [1.807, 2.05) is 0 Å². The van der Waals surface area contributed by atoms with E-state index in [1.165, 1.54) is 19.1 Å². The van der Waals surface area contributed by atoms with E-state index in [0.717, 1.165) is 0 Å². The second kappa shape index (κ2) is 5.14. The van der Waals surface area contributed by atoms with Gasteiger partial charge in [0.25, 0.3) is 5.82 Å². The van der Waals surface area contributed by atoms with Gasteiger partial charge in [0.1, 0.15) is 0 Å². The van der Waals surface area contributed by atoms with Gasteiger partial charge < -0.3 is 5.73 Å². The molecule has 0 spiro atoms. The molecule has 0 atom stereocenters. The largest absolute Gasteiger partial charge is 0.453 e. The van der Waals surface area contributed by atoms with Gasteiger partial charge in [-0.2, -0.15) is 31.3 Å². The fraction of sp³-hybridized carbons (Fsp3) is 0.364. The lowest BCUT2D eigenvalue weighted by molar-refractivity contribution is -0.150. The van der Waals surface area contributed by atoms with Crippen LogP contribution in [-0.4, -0.2) is 19.7 Å². The van der Waals surface area contributed by atoms with Gasteiger partial charge in [-0.05, 0) is 19.1 Å². The van der Waals surface area contributed by atoms with Crippen molar-refractivity contribution in [3.63, 3.8) is 0 Å². The monoisotopic (exact) mass is 325 g/mol. The molecule has 2 aromatic rings. The molecule has 0 aliphatic rings. The summed E-state index contributed by atoms with van der Waals surface area (Å²) in [6, 6.07) is 2.70. The molecule has 0 saturated carbocycles. The van der Waals surface area contributed by atoms with E-state index in [-0.39, 0.29) is 10.4 Å². The van der Waals surface area contributed by atoms with Crippen LogP contribution in [0.5, 0.6) is 0 Å². The number of pyridine rings is 1. The van der Waals surface area contributed by atoms with Crippen molar-refractivity contribution in [3.8, 4) is 0 Å². The Bertz CT molecular complexity index is 687. The summed E-state index contributed by atoms with van der Waals surface area (Å²) in [6.07, 6.45) is -10.1. The van der Waals surface area contributed by atoms with Gasteiger partial charge in [0.2, 0.25) is 5.82 Å². The third kappa shape index (κ3) is 3.28. The molecule has 5 nitrogen and oxygen atoms in total. The van der Waals surface area contributed by atoms with Crippen LogP contribution in [0.2, 0.25) is 0 Å². The highest BCUT2D eigenvalue weighted by atomic mass is 19.4. The Morgan fingerprint density at radius 2 is 1.68 bits per heavy atom. The maximum Gasteiger partial charge on any atom is 0.453 e. The van der Waals surface area contributed by atoms with Crippen LogP contribution >= 0.6 is 0 Å². The molecule has 2 heterocycles. The summed E-state index contributed by atoms with van der Waals surface area (Å²) in [4.78, 5) is 6.44. The Labute approximate surface area is 119 Å². The second-order valence-electron chi connectivity index (χ2n) is 4.39. The zero-order valence-corrected chi connectivity index (χ0v) is 11.0. The molecule has 22 heavy (non-hydrogen) atoms. The zero-order valence-electron chi connectivity index (χ0n) is 11.0. The molecule has 11 heteroatoms. The maximum absolute atomic E-state index is 12.8. The summed E-state index contributed by atoms with van der Waals surface area (Å²) in [5, 5.41) is 2.88. The van der Waals surface area contributed by atoms with Crippen molar-refractivity contribution in [2.24, 2.45) is 0 Å². The normalized spacial score (nSPS) is 12.7. The van der Waals surface area contributed by atoms with Crippen molar-refractivity contribution in [1.82, 2.24) is 19.7 Å². The Hall–Kier alpha value is -2.33. The number of nitrogen functional groups attached to an aromatic ring is 1. The van der Waals surface area contributed by atoms with E-state index in [2.05, 4.69) is 15.1 Å². The average Bonchev–Trinajstić information content (AvgIpc) is 2.77. The first-order valence-corrected chi connectivity index (χ1v) is 5.79. The molecule has 0 aliphatic carbocycles. The van der Waals surface area contributed by atoms with Gasteiger partial charge in [0.15, 0.2) is 0 Å². The van der Waals surface area contributed by atoms with Crippen LogP contribution in [-0.2, 0) is 18.9 Å². The number of alkyl halides is 6. The number of hydrogen-bond acceptors (Lipinski definition) is 4. The lowest BCUT2D eigenvalue weighted by Crippen LogP contribution is -2.17. The minimum Gasteiger partial charge on any atom is -0.397 e. The van der Waals surface area contributed by atoms with Crippen molar-refractivity contribution in [2.75, 3.05) is 5.73 Å². The zero-order chi connectivity index (χ0) is 16.7. The summed E-state index contributed by atoms with van der Waals surface area (Å²) in [5.74, 6) is -3.59. The first kappa shape index (κ1) is 16.0. The molecule has 0 radical (unpaired) electrons. The lowest BCUT2D eigenvalue weighted by atomic mass is 10.2. The molecule has 0 aromatic carbocycles. The molecule has 2 aromatic heterocycles. The summed E-state index contributed by atoms with van der Waals surface area (Å²) in [7, 11) is 0. The van der Waals surface area contributed by atoms with Crippen molar-refractivity contribution in [2.45, 2.75) is 25.8 Å². The Balaban J connectivity index is 2.44. The van der Waals surface area contributed by atoms with Crippen LogP contribution < -0.4 is 5.73 Å². The first-order chi connectivity index (χ1) is 9.98. The molecule has 0 saturated heterocycles. The van der Waals surface area contributed by atoms with E-state index in [1.54, 1.807) is 0 Å². The van der Waals surface area contributed by atoms with Crippen molar-refractivity contribution in [3.05, 3.63) is 35.2 Å². The summed E-state index contributed by atoms with van der Waals surface area (Å²) >= 11 is 0. The smallest absolute Gasteiger partial charge is 0.397 e. The van der Waals surface area contributed by atoms with E-state index >= 15 is 0 Å². The molecule has 0 aliphatic heterocycles. The molecule has 2 rings (SSSR count). The SMILES string of the molecule is Cc1nc(Cn2nc(C(F)(F)F)nc2C(F)(F)F)ccc1N. The molecular weight excluding hydrogens is 316 g/mol. The van der Waals surface area contributed by atoms with Gasteiger partial charge in [-0.3, -0.25) is 4.98 Å². The Kier molecular flexibility index (Phi) is 3.75. The highest BCUT2D eigenvalue weighted by Crippen LogP contribution is 2.32. The predicted octanol–water partition coefficient (Wildman–Crippen LogP) is 2.65. The highest BCUT2D eigenvalue weighted by Gasteiger charge is 2.44. The number of nitrogens with zero attached hydrogens (tertiary/aromatic N) is 4. The molecule has 0 fully saturated rings. The first-order valence-electron chi connectivity index (χ1n) is 5.79. The van der Waals surface area contributed by atoms with Crippen molar-refractivity contribution < 1.29 is 26.3 Å². The summed E-state index contributed by atoms with van der Waals surface area (Å²) < 4.78 is 75.9. The van der Waals surface area contributed by atoms with Crippen LogP contribution in [0.15, 0.2) is 12.1 Å². The Morgan fingerprint density at radius 1 is 1.05 bits per heavy atom. The number of anilines is 1. The van der Waals surface area contributed by atoms with Gasteiger partial charge >= 0.3 is 12.4 Å². The van der Waals surface area contributed by atoms with Crippen LogP contribution in [0.25, 0.3) is 0 Å². The van der Waals surface area contributed by atoms with Crippen molar-refractivity contribution >= 4 is 5.69 Å². The molecule has 120 valence electrons. The third-order valence-electron chi connectivity index (χ3n) is 2.67. The molecular formula is C11H9F6N5. The van der Waals surface area contributed by atoms with E-state index in [0.29, 0.717) is 11.4 Å². The topological polar surface area (TPSA) is 69.6 Å². The van der Waals surface area contributed by atoms with Gasteiger partial charge in [-0.1, -0.05) is 0 Å². The van der Waals surface area contributed by atoms with Crippen LogP contribution in [0.3, 0.4) is 0 Å². The van der Waals surface area contributed by atoms with E-state index < -0.39 is 30.5 Å². The Morgan fingerprint density at radius 3 is 2.18 bits per heavy atom. The average molecular weight is 325 g/mol. The number of aryl methyl sites for hydroxylation is 1. The van der Waals surface area contributed by atoms with E-state index in [9.17, 15) is 26.3 Å². The fourth-order valence-electron chi connectivity index (χ4n) is 1.65. The number of aromatic nitrogens is 4. The minimum atomic E-state index is -5.07. The van der Waals surface area contributed by atoms with Crippen molar-refractivity contribution in [1.29, 1.82) is 0 Å². The number of nitrogens with two attached hydrogens (primary N) is 1. The molecule has 0 amide bonds. The lowest BCUT2D eigenvalue weighted by Gasteiger charge is -2.09. The van der Waals surface area contributed by atoms with Crippen LogP contribution in [0.4, 0.5) is 32.0 Å². The molecule has 0 unspecified atom stereocenters. The predicted molar refractivity (Wildman–Crippen MR) is 62.5 cm³/mol.